The number of rotatable bonds is 2. The average Bonchev–Trinajstić information content (AvgIpc) is 2.39. The van der Waals surface area contributed by atoms with E-state index in [2.05, 4.69) is 9.97 Å². The molecule has 0 bridgehead atoms. The van der Waals surface area contributed by atoms with Crippen LogP contribution < -0.4 is 4.90 Å². The van der Waals surface area contributed by atoms with Gasteiger partial charge in [0.2, 0.25) is 0 Å². The van der Waals surface area contributed by atoms with E-state index in [0.29, 0.717) is 11.5 Å². The largest absolute Gasteiger partial charge is 0.327 e. The predicted octanol–water partition coefficient (Wildman–Crippen LogP) is 2.12. The van der Waals surface area contributed by atoms with Gasteiger partial charge < -0.3 is 4.90 Å². The quantitative estimate of drug-likeness (QED) is 0.761. The van der Waals surface area contributed by atoms with Crippen molar-refractivity contribution in [2.75, 3.05) is 11.9 Å². The van der Waals surface area contributed by atoms with Gasteiger partial charge in [0.1, 0.15) is 6.07 Å². The van der Waals surface area contributed by atoms with E-state index in [1.807, 2.05) is 48.3 Å². The second kappa shape index (κ2) is 4.41. The minimum Gasteiger partial charge on any atom is -0.327 e. The van der Waals surface area contributed by atoms with E-state index in [9.17, 15) is 0 Å². The van der Waals surface area contributed by atoms with Gasteiger partial charge in [-0.25, -0.2) is 9.97 Å². The molecule has 1 heterocycles. The van der Waals surface area contributed by atoms with E-state index < -0.39 is 0 Å². The Morgan fingerprint density at radius 3 is 2.50 bits per heavy atom. The SMILES string of the molecule is CN(c1ccccc1)c1nccnc1C#N. The van der Waals surface area contributed by atoms with Crippen LogP contribution in [-0.2, 0) is 0 Å². The first-order valence-corrected chi connectivity index (χ1v) is 4.83. The molecule has 0 unspecified atom stereocenters. The fourth-order valence-corrected chi connectivity index (χ4v) is 1.43. The van der Waals surface area contributed by atoms with Crippen LogP contribution in [0.1, 0.15) is 5.69 Å². The van der Waals surface area contributed by atoms with Crippen molar-refractivity contribution >= 4 is 11.5 Å². The standard InChI is InChI=1S/C12H10N4/c1-16(10-5-3-2-4-6-10)12-11(9-13)14-7-8-15-12/h2-8H,1H3. The summed E-state index contributed by atoms with van der Waals surface area (Å²) in [5.41, 5.74) is 1.30. The summed E-state index contributed by atoms with van der Waals surface area (Å²) in [6.07, 6.45) is 3.09. The van der Waals surface area contributed by atoms with Gasteiger partial charge in [-0.1, -0.05) is 18.2 Å². The van der Waals surface area contributed by atoms with Gasteiger partial charge >= 0.3 is 0 Å². The van der Waals surface area contributed by atoms with Crippen LogP contribution in [0, 0.1) is 11.3 Å². The zero-order valence-corrected chi connectivity index (χ0v) is 8.83. The Morgan fingerprint density at radius 2 is 1.81 bits per heavy atom. The Bertz CT molecular complexity index is 516. The molecule has 4 heteroatoms. The second-order valence-corrected chi connectivity index (χ2v) is 3.23. The summed E-state index contributed by atoms with van der Waals surface area (Å²) in [6, 6.07) is 11.8. The molecule has 4 nitrogen and oxygen atoms in total. The van der Waals surface area contributed by atoms with Crippen molar-refractivity contribution in [1.29, 1.82) is 5.26 Å². The molecule has 78 valence electrons. The van der Waals surface area contributed by atoms with Gasteiger partial charge in [0, 0.05) is 25.1 Å². The molecule has 0 amide bonds. The van der Waals surface area contributed by atoms with E-state index in [1.54, 1.807) is 6.20 Å². The Hall–Kier alpha value is -2.41. The first-order chi connectivity index (χ1) is 7.83. The Labute approximate surface area is 93.8 Å². The van der Waals surface area contributed by atoms with E-state index in [4.69, 9.17) is 5.26 Å². The fourth-order valence-electron chi connectivity index (χ4n) is 1.43. The number of hydrogen-bond donors (Lipinski definition) is 0. The summed E-state index contributed by atoms with van der Waals surface area (Å²) in [7, 11) is 1.86. The highest BCUT2D eigenvalue weighted by Crippen LogP contribution is 2.22. The van der Waals surface area contributed by atoms with Crippen LogP contribution in [0.2, 0.25) is 0 Å². The maximum absolute atomic E-state index is 8.94. The molecule has 1 aromatic heterocycles. The maximum atomic E-state index is 8.94. The second-order valence-electron chi connectivity index (χ2n) is 3.23. The van der Waals surface area contributed by atoms with Crippen LogP contribution in [0.4, 0.5) is 11.5 Å². The van der Waals surface area contributed by atoms with Gasteiger partial charge in [-0.05, 0) is 12.1 Å². The molecule has 0 aliphatic carbocycles. The monoisotopic (exact) mass is 210 g/mol. The molecule has 16 heavy (non-hydrogen) atoms. The third-order valence-electron chi connectivity index (χ3n) is 2.25. The topological polar surface area (TPSA) is 52.8 Å². The van der Waals surface area contributed by atoms with Crippen molar-refractivity contribution in [2.45, 2.75) is 0 Å². The lowest BCUT2D eigenvalue weighted by Crippen LogP contribution is -2.13. The van der Waals surface area contributed by atoms with Crippen LogP contribution in [0.15, 0.2) is 42.7 Å². The summed E-state index contributed by atoms with van der Waals surface area (Å²) in [5.74, 6) is 0.566. The molecule has 2 rings (SSSR count). The molecular weight excluding hydrogens is 200 g/mol. The van der Waals surface area contributed by atoms with Crippen LogP contribution in [0.3, 0.4) is 0 Å². The van der Waals surface area contributed by atoms with Crippen molar-refractivity contribution in [2.24, 2.45) is 0 Å². The molecule has 0 spiro atoms. The molecule has 0 radical (unpaired) electrons. The minimum absolute atomic E-state index is 0.328. The summed E-state index contributed by atoms with van der Waals surface area (Å²) in [4.78, 5) is 9.98. The molecule has 1 aromatic carbocycles. The van der Waals surface area contributed by atoms with Crippen LogP contribution >= 0.6 is 0 Å². The fraction of sp³-hybridized carbons (Fsp3) is 0.0833. The molecule has 0 saturated carbocycles. The summed E-state index contributed by atoms with van der Waals surface area (Å²) >= 11 is 0. The maximum Gasteiger partial charge on any atom is 0.183 e. The highest BCUT2D eigenvalue weighted by Gasteiger charge is 2.10. The molecule has 0 aliphatic heterocycles. The lowest BCUT2D eigenvalue weighted by molar-refractivity contribution is 1.07. The van der Waals surface area contributed by atoms with E-state index in [-0.39, 0.29) is 0 Å². The normalized spacial score (nSPS) is 9.50. The lowest BCUT2D eigenvalue weighted by Gasteiger charge is -2.18. The number of aromatic nitrogens is 2. The first kappa shape index (κ1) is 10.1. The number of para-hydroxylation sites is 1. The minimum atomic E-state index is 0.328. The first-order valence-electron chi connectivity index (χ1n) is 4.83. The Balaban J connectivity index is 2.42. The van der Waals surface area contributed by atoms with Crippen molar-refractivity contribution in [3.05, 3.63) is 48.4 Å². The molecule has 0 saturated heterocycles. The van der Waals surface area contributed by atoms with Crippen LogP contribution in [-0.4, -0.2) is 17.0 Å². The van der Waals surface area contributed by atoms with Gasteiger partial charge in [0.05, 0.1) is 0 Å². The molecule has 0 aliphatic rings. The zero-order valence-electron chi connectivity index (χ0n) is 8.83. The van der Waals surface area contributed by atoms with Crippen molar-refractivity contribution < 1.29 is 0 Å². The van der Waals surface area contributed by atoms with Crippen molar-refractivity contribution in [3.8, 4) is 6.07 Å². The van der Waals surface area contributed by atoms with Crippen LogP contribution in [0.5, 0.6) is 0 Å². The average molecular weight is 210 g/mol. The Kier molecular flexibility index (Phi) is 2.79. The predicted molar refractivity (Wildman–Crippen MR) is 61.3 cm³/mol. The van der Waals surface area contributed by atoms with Gasteiger partial charge in [0.15, 0.2) is 11.5 Å². The highest BCUT2D eigenvalue weighted by molar-refractivity contribution is 5.62. The van der Waals surface area contributed by atoms with Gasteiger partial charge in [-0.3, -0.25) is 0 Å². The number of anilines is 2. The van der Waals surface area contributed by atoms with Crippen molar-refractivity contribution in [3.63, 3.8) is 0 Å². The number of nitriles is 1. The zero-order chi connectivity index (χ0) is 11.4. The summed E-state index contributed by atoms with van der Waals surface area (Å²) in [6.45, 7) is 0. The number of hydrogen-bond acceptors (Lipinski definition) is 4. The number of nitrogens with zero attached hydrogens (tertiary/aromatic N) is 4. The molecule has 0 N–H and O–H groups in total. The van der Waals surface area contributed by atoms with Gasteiger partial charge in [-0.15, -0.1) is 0 Å². The molecule has 0 atom stereocenters. The van der Waals surface area contributed by atoms with Crippen molar-refractivity contribution in [1.82, 2.24) is 9.97 Å². The van der Waals surface area contributed by atoms with E-state index >= 15 is 0 Å². The molecule has 0 fully saturated rings. The van der Waals surface area contributed by atoms with Crippen LogP contribution in [0.25, 0.3) is 0 Å². The highest BCUT2D eigenvalue weighted by atomic mass is 15.2. The summed E-state index contributed by atoms with van der Waals surface area (Å²) in [5, 5.41) is 8.94. The van der Waals surface area contributed by atoms with E-state index in [1.165, 1.54) is 6.20 Å². The van der Waals surface area contributed by atoms with Gasteiger partial charge in [-0.2, -0.15) is 5.26 Å². The molecular formula is C12H10N4. The smallest absolute Gasteiger partial charge is 0.183 e. The van der Waals surface area contributed by atoms with E-state index in [0.717, 1.165) is 5.69 Å². The third-order valence-corrected chi connectivity index (χ3v) is 2.25. The Morgan fingerprint density at radius 1 is 1.12 bits per heavy atom. The lowest BCUT2D eigenvalue weighted by atomic mass is 10.3. The number of benzene rings is 1. The molecule has 2 aromatic rings. The summed E-state index contributed by atoms with van der Waals surface area (Å²) < 4.78 is 0. The van der Waals surface area contributed by atoms with Gasteiger partial charge in [0.25, 0.3) is 0 Å². The third kappa shape index (κ3) is 1.84.